The maximum atomic E-state index is 9.22. The van der Waals surface area contributed by atoms with Crippen molar-refractivity contribution in [2.45, 2.75) is 33.1 Å². The molecular weight excluding hydrogens is 246 g/mol. The highest BCUT2D eigenvalue weighted by Crippen LogP contribution is 2.01. The molecule has 0 amide bonds. The zero-order valence-corrected chi connectivity index (χ0v) is 12.2. The van der Waals surface area contributed by atoms with E-state index >= 15 is 0 Å². The first-order chi connectivity index (χ1) is 7.68. The minimum atomic E-state index is -4.41. The predicted octanol–water partition coefficient (Wildman–Crippen LogP) is 1.30. The molecule has 0 bridgehead atoms. The van der Waals surface area contributed by atoms with E-state index < -0.39 is 10.4 Å². The van der Waals surface area contributed by atoms with Gasteiger partial charge in [0.25, 0.3) is 0 Å². The number of nitrogens with zero attached hydrogens (tertiary/aromatic N) is 1. The van der Waals surface area contributed by atoms with Gasteiger partial charge in [-0.05, 0) is 13.3 Å². The molecule has 0 aromatic rings. The molecule has 0 aromatic heterocycles. The summed E-state index contributed by atoms with van der Waals surface area (Å²) >= 11 is 0. The Morgan fingerprint density at radius 2 is 1.65 bits per heavy atom. The molecule has 0 atom stereocenters. The Labute approximate surface area is 105 Å². The predicted molar refractivity (Wildman–Crippen MR) is 64.8 cm³/mol. The van der Waals surface area contributed by atoms with Gasteiger partial charge in [0.15, 0.2) is 0 Å². The van der Waals surface area contributed by atoms with E-state index in [1.807, 2.05) is 0 Å². The Morgan fingerprint density at radius 1 is 1.18 bits per heavy atom. The molecule has 0 fully saturated rings. The molecule has 0 spiro atoms. The summed E-state index contributed by atoms with van der Waals surface area (Å²) in [6.45, 7) is 6.28. The highest BCUT2D eigenvalue weighted by atomic mass is 32.3. The highest BCUT2D eigenvalue weighted by molar-refractivity contribution is 7.80. The fraction of sp³-hybridized carbons (Fsp3) is 1.00. The highest BCUT2D eigenvalue weighted by Gasteiger charge is 2.11. The van der Waals surface area contributed by atoms with Gasteiger partial charge in [0.1, 0.15) is 13.2 Å². The first kappa shape index (κ1) is 19.1. The minimum absolute atomic E-state index is 0.684. The van der Waals surface area contributed by atoms with E-state index in [4.69, 9.17) is 4.84 Å². The van der Waals surface area contributed by atoms with Crippen molar-refractivity contribution < 1.29 is 26.6 Å². The summed E-state index contributed by atoms with van der Waals surface area (Å²) in [6.07, 6.45) is 3.74. The fourth-order valence-electron chi connectivity index (χ4n) is 0.755. The normalized spacial score (nSPS) is 11.9. The van der Waals surface area contributed by atoms with E-state index in [0.717, 1.165) is 20.3 Å². The Hall–Kier alpha value is -0.210. The molecule has 0 saturated carbocycles. The van der Waals surface area contributed by atoms with Gasteiger partial charge in [0.2, 0.25) is 10.4 Å². The third-order valence-electron chi connectivity index (χ3n) is 2.15. The third kappa shape index (κ3) is 18.4. The Balaban J connectivity index is 0. The number of hydrogen-bond acceptors (Lipinski definition) is 5. The second-order valence-electron chi connectivity index (χ2n) is 4.01. The number of hydrogen-bond donors (Lipinski definition) is 0. The summed E-state index contributed by atoms with van der Waals surface area (Å²) in [5.74, 6) is 0. The number of quaternary nitrogens is 1. The van der Waals surface area contributed by atoms with E-state index in [-0.39, 0.29) is 0 Å². The van der Waals surface area contributed by atoms with E-state index in [2.05, 4.69) is 32.1 Å². The molecule has 0 rings (SSSR count). The number of hydroxylamine groups is 3. The van der Waals surface area contributed by atoms with Crippen LogP contribution in [0, 0.1) is 0 Å². The molecule has 0 aromatic carbocycles. The monoisotopic (exact) mass is 271 g/mol. The second-order valence-corrected chi connectivity index (χ2v) is 5.16. The van der Waals surface area contributed by atoms with Crippen molar-refractivity contribution in [2.75, 3.05) is 34.4 Å². The first-order valence-corrected chi connectivity index (χ1v) is 7.00. The van der Waals surface area contributed by atoms with Gasteiger partial charge in [-0.15, -0.1) is 0 Å². The van der Waals surface area contributed by atoms with Crippen molar-refractivity contribution in [3.63, 3.8) is 0 Å². The van der Waals surface area contributed by atoms with Gasteiger partial charge < -0.3 is 4.55 Å². The van der Waals surface area contributed by atoms with Gasteiger partial charge in [-0.3, -0.25) is 4.18 Å². The van der Waals surface area contributed by atoms with Crippen molar-refractivity contribution in [3.8, 4) is 0 Å². The molecule has 106 valence electrons. The number of rotatable bonds is 7. The van der Waals surface area contributed by atoms with Gasteiger partial charge in [-0.2, -0.15) is 4.65 Å². The summed E-state index contributed by atoms with van der Waals surface area (Å²) in [4.78, 5) is 5.62. The summed E-state index contributed by atoms with van der Waals surface area (Å²) in [5.41, 5.74) is 0. The maximum Gasteiger partial charge on any atom is 0.217 e. The third-order valence-corrected chi connectivity index (χ3v) is 2.56. The fourth-order valence-corrected chi connectivity index (χ4v) is 0.755. The smallest absolute Gasteiger partial charge is 0.217 e. The van der Waals surface area contributed by atoms with Crippen LogP contribution in [-0.4, -0.2) is 52.0 Å². The van der Waals surface area contributed by atoms with Gasteiger partial charge >= 0.3 is 0 Å². The SMILES string of the molecule is CCCCCO[N+](C)(C)CC.COS(=O)(=O)[O-]. The molecular formula is C10H25NO5S. The minimum Gasteiger partial charge on any atom is -0.726 e. The number of unbranched alkanes of at least 4 members (excludes halogenated alkanes) is 2. The lowest BCUT2D eigenvalue weighted by Gasteiger charge is -2.24. The van der Waals surface area contributed by atoms with Gasteiger partial charge in [-0.1, -0.05) is 19.8 Å². The zero-order chi connectivity index (χ0) is 13.9. The van der Waals surface area contributed by atoms with Crippen LogP contribution < -0.4 is 0 Å². The summed E-state index contributed by atoms with van der Waals surface area (Å²) in [5, 5.41) is 0. The van der Waals surface area contributed by atoms with Crippen LogP contribution in [0.1, 0.15) is 33.1 Å². The molecule has 0 aliphatic carbocycles. The van der Waals surface area contributed by atoms with Crippen LogP contribution in [-0.2, 0) is 19.4 Å². The summed E-state index contributed by atoms with van der Waals surface area (Å²) < 4.78 is 31.7. The molecule has 0 N–H and O–H groups in total. The maximum absolute atomic E-state index is 9.22. The second kappa shape index (κ2) is 9.78. The van der Waals surface area contributed by atoms with Crippen LogP contribution in [0.5, 0.6) is 0 Å². The molecule has 0 aliphatic heterocycles. The average Bonchev–Trinajstić information content (AvgIpc) is 2.24. The van der Waals surface area contributed by atoms with Gasteiger partial charge in [0.05, 0.1) is 21.2 Å². The van der Waals surface area contributed by atoms with Crippen LogP contribution in [0.25, 0.3) is 0 Å². The summed E-state index contributed by atoms with van der Waals surface area (Å²) in [7, 11) is 0.574. The van der Waals surface area contributed by atoms with E-state index in [0.29, 0.717) is 4.65 Å². The Bertz CT molecular complexity index is 264. The van der Waals surface area contributed by atoms with Crippen LogP contribution >= 0.6 is 0 Å². The lowest BCUT2D eigenvalue weighted by molar-refractivity contribution is -1.08. The molecule has 0 heterocycles. The van der Waals surface area contributed by atoms with Gasteiger partial charge in [0, 0.05) is 0 Å². The average molecular weight is 271 g/mol. The van der Waals surface area contributed by atoms with Crippen LogP contribution in [0.3, 0.4) is 0 Å². The molecule has 0 unspecified atom stereocenters. The zero-order valence-electron chi connectivity index (χ0n) is 11.4. The lowest BCUT2D eigenvalue weighted by Crippen LogP contribution is -2.39. The van der Waals surface area contributed by atoms with Crippen molar-refractivity contribution in [3.05, 3.63) is 0 Å². The van der Waals surface area contributed by atoms with E-state index in [9.17, 15) is 13.0 Å². The standard InChI is InChI=1S/C9H22NO.CH4O4S/c1-5-7-8-9-11-10(3,4)6-2;1-5-6(2,3)4/h5-9H2,1-4H3;1H3,(H,2,3,4)/q+1;/p-1. The molecule has 0 aliphatic rings. The molecule has 0 radical (unpaired) electrons. The Kier molecular flexibility index (Phi) is 11.0. The van der Waals surface area contributed by atoms with Crippen LogP contribution in [0.4, 0.5) is 0 Å². The summed E-state index contributed by atoms with van der Waals surface area (Å²) in [6, 6.07) is 0. The van der Waals surface area contributed by atoms with E-state index in [1.54, 1.807) is 0 Å². The van der Waals surface area contributed by atoms with Crippen molar-refractivity contribution in [1.29, 1.82) is 0 Å². The van der Waals surface area contributed by atoms with Crippen LogP contribution in [0.15, 0.2) is 0 Å². The van der Waals surface area contributed by atoms with Crippen LogP contribution in [0.2, 0.25) is 0 Å². The van der Waals surface area contributed by atoms with E-state index in [1.165, 1.54) is 19.3 Å². The molecule has 17 heavy (non-hydrogen) atoms. The largest absolute Gasteiger partial charge is 0.726 e. The quantitative estimate of drug-likeness (QED) is 0.229. The van der Waals surface area contributed by atoms with Crippen molar-refractivity contribution >= 4 is 10.4 Å². The van der Waals surface area contributed by atoms with Crippen molar-refractivity contribution in [1.82, 2.24) is 0 Å². The van der Waals surface area contributed by atoms with Gasteiger partial charge in [-0.25, -0.2) is 13.3 Å². The van der Waals surface area contributed by atoms with Crippen molar-refractivity contribution in [2.24, 2.45) is 0 Å². The Morgan fingerprint density at radius 3 is 1.94 bits per heavy atom. The molecule has 6 nitrogen and oxygen atoms in total. The lowest BCUT2D eigenvalue weighted by atomic mass is 10.3. The topological polar surface area (TPSA) is 75.7 Å². The first-order valence-electron chi connectivity index (χ1n) is 5.67. The molecule has 7 heteroatoms. The molecule has 0 saturated heterocycles.